The molecule has 1 N–H and O–H groups in total. The molecule has 186 valence electrons. The lowest BCUT2D eigenvalue weighted by molar-refractivity contribution is 0.0336. The smallest absolute Gasteiger partial charge is 0.269 e. The fourth-order valence-electron chi connectivity index (χ4n) is 5.40. The van der Waals surface area contributed by atoms with E-state index in [-0.39, 0.29) is 17.2 Å². The molecule has 2 amide bonds. The van der Waals surface area contributed by atoms with Crippen LogP contribution in [0.15, 0.2) is 42.5 Å². The third-order valence-corrected chi connectivity index (χ3v) is 7.68. The Bertz CT molecular complexity index is 1060. The number of amides is 2. The van der Waals surface area contributed by atoms with Crippen LogP contribution in [0.1, 0.15) is 52.9 Å². The van der Waals surface area contributed by atoms with Gasteiger partial charge in [0.2, 0.25) is 0 Å². The summed E-state index contributed by atoms with van der Waals surface area (Å²) < 4.78 is 5.40. The van der Waals surface area contributed by atoms with Gasteiger partial charge in [0, 0.05) is 44.8 Å². The van der Waals surface area contributed by atoms with Gasteiger partial charge in [0.05, 0.1) is 18.9 Å². The number of morpholine rings is 1. The molecule has 3 fully saturated rings. The third kappa shape index (κ3) is 5.41. The summed E-state index contributed by atoms with van der Waals surface area (Å²) in [5.74, 6) is 1.40. The van der Waals surface area contributed by atoms with Crippen LogP contribution in [0.3, 0.4) is 0 Å². The molecule has 35 heavy (non-hydrogen) atoms. The molecule has 0 bridgehead atoms. The number of benzene rings is 1. The molecular formula is C28H36N4O3. The highest BCUT2D eigenvalue weighted by Gasteiger charge is 2.56. The molecule has 1 aromatic carbocycles. The molecule has 2 aliphatic heterocycles. The van der Waals surface area contributed by atoms with E-state index in [0.29, 0.717) is 30.0 Å². The molecule has 2 aromatic rings. The van der Waals surface area contributed by atoms with Gasteiger partial charge in [-0.3, -0.25) is 14.5 Å². The van der Waals surface area contributed by atoms with Crippen molar-refractivity contribution in [3.05, 3.63) is 65.0 Å². The predicted molar refractivity (Wildman–Crippen MR) is 134 cm³/mol. The highest BCUT2D eigenvalue weighted by molar-refractivity contribution is 5.94. The minimum atomic E-state index is -0.120. The maximum Gasteiger partial charge on any atom is 0.269 e. The molecule has 1 aromatic heterocycles. The monoisotopic (exact) mass is 476 g/mol. The molecule has 2 unspecified atom stereocenters. The van der Waals surface area contributed by atoms with Crippen LogP contribution in [0, 0.1) is 17.8 Å². The van der Waals surface area contributed by atoms with Crippen molar-refractivity contribution in [3.63, 3.8) is 0 Å². The maximum absolute atomic E-state index is 12.9. The van der Waals surface area contributed by atoms with Crippen molar-refractivity contribution in [1.29, 1.82) is 0 Å². The Labute approximate surface area is 207 Å². The number of fused-ring (bicyclic) bond motifs is 1. The van der Waals surface area contributed by atoms with Gasteiger partial charge in [-0.15, -0.1) is 0 Å². The number of piperidine rings is 1. The third-order valence-electron chi connectivity index (χ3n) is 7.68. The van der Waals surface area contributed by atoms with Gasteiger partial charge in [-0.1, -0.05) is 39.0 Å². The number of carbonyl (C=O) groups is 2. The molecule has 5 rings (SSSR count). The lowest BCUT2D eigenvalue weighted by Crippen LogP contribution is -2.36. The first kappa shape index (κ1) is 23.9. The van der Waals surface area contributed by atoms with Crippen LogP contribution < -0.4 is 5.32 Å². The minimum absolute atomic E-state index is 0.0775. The number of hydrogen-bond acceptors (Lipinski definition) is 5. The lowest BCUT2D eigenvalue weighted by Gasteiger charge is -2.26. The molecule has 3 heterocycles. The maximum atomic E-state index is 12.9. The van der Waals surface area contributed by atoms with E-state index in [0.717, 1.165) is 57.2 Å². The fraction of sp³-hybridized carbons (Fsp3) is 0.536. The molecule has 2 atom stereocenters. The van der Waals surface area contributed by atoms with E-state index in [4.69, 9.17) is 4.74 Å². The SMILES string of the molecule is CC(C)(C)c1ccc(C(=O)N2CC3C(CNC(=O)c4cccc(CN5CCOCC5)n4)C3C2)cc1. The Hall–Kier alpha value is -2.77. The van der Waals surface area contributed by atoms with Crippen LogP contribution in [0.4, 0.5) is 0 Å². The first-order chi connectivity index (χ1) is 16.8. The summed E-state index contributed by atoms with van der Waals surface area (Å²) in [5.41, 5.74) is 3.45. The van der Waals surface area contributed by atoms with E-state index in [1.807, 2.05) is 29.2 Å². The van der Waals surface area contributed by atoms with Crippen molar-refractivity contribution >= 4 is 11.8 Å². The summed E-state index contributed by atoms with van der Waals surface area (Å²) >= 11 is 0. The Morgan fingerprint density at radius 1 is 1.03 bits per heavy atom. The largest absolute Gasteiger partial charge is 0.379 e. The van der Waals surface area contributed by atoms with Crippen molar-refractivity contribution in [1.82, 2.24) is 20.1 Å². The van der Waals surface area contributed by atoms with Gasteiger partial charge in [-0.05, 0) is 53.0 Å². The van der Waals surface area contributed by atoms with Gasteiger partial charge in [0.15, 0.2) is 0 Å². The van der Waals surface area contributed by atoms with Crippen molar-refractivity contribution < 1.29 is 14.3 Å². The van der Waals surface area contributed by atoms with Crippen molar-refractivity contribution in [2.45, 2.75) is 32.7 Å². The molecule has 1 aliphatic carbocycles. The zero-order valence-corrected chi connectivity index (χ0v) is 21.0. The van der Waals surface area contributed by atoms with Crippen molar-refractivity contribution in [2.24, 2.45) is 17.8 Å². The van der Waals surface area contributed by atoms with Gasteiger partial charge in [-0.2, -0.15) is 0 Å². The normalized spacial score (nSPS) is 24.2. The van der Waals surface area contributed by atoms with E-state index in [2.05, 4.69) is 48.1 Å². The second kappa shape index (κ2) is 9.70. The van der Waals surface area contributed by atoms with Crippen LogP contribution in [-0.4, -0.2) is 72.5 Å². The topological polar surface area (TPSA) is 74.8 Å². The Kier molecular flexibility index (Phi) is 6.64. The number of nitrogens with zero attached hydrogens (tertiary/aromatic N) is 3. The van der Waals surface area contributed by atoms with Gasteiger partial charge in [0.1, 0.15) is 5.69 Å². The molecule has 1 saturated carbocycles. The summed E-state index contributed by atoms with van der Waals surface area (Å²) in [5, 5.41) is 3.08. The van der Waals surface area contributed by atoms with Crippen LogP contribution >= 0.6 is 0 Å². The summed E-state index contributed by atoms with van der Waals surface area (Å²) in [6, 6.07) is 13.7. The van der Waals surface area contributed by atoms with E-state index in [9.17, 15) is 9.59 Å². The van der Waals surface area contributed by atoms with Crippen molar-refractivity contribution in [3.8, 4) is 0 Å². The summed E-state index contributed by atoms with van der Waals surface area (Å²) in [7, 11) is 0. The van der Waals surface area contributed by atoms with Crippen LogP contribution in [-0.2, 0) is 16.7 Å². The lowest BCUT2D eigenvalue weighted by atomic mass is 9.86. The van der Waals surface area contributed by atoms with Crippen LogP contribution in [0.2, 0.25) is 0 Å². The molecule has 7 heteroatoms. The Morgan fingerprint density at radius 3 is 2.37 bits per heavy atom. The van der Waals surface area contributed by atoms with Crippen molar-refractivity contribution in [2.75, 3.05) is 45.9 Å². The zero-order valence-electron chi connectivity index (χ0n) is 21.0. The average Bonchev–Trinajstić information content (AvgIpc) is 3.30. The quantitative estimate of drug-likeness (QED) is 0.694. The Balaban J connectivity index is 1.09. The number of likely N-dealkylation sites (tertiary alicyclic amines) is 1. The molecule has 7 nitrogen and oxygen atoms in total. The number of ether oxygens (including phenoxy) is 1. The number of nitrogens with one attached hydrogen (secondary N) is 1. The van der Waals surface area contributed by atoms with Gasteiger partial charge >= 0.3 is 0 Å². The average molecular weight is 477 g/mol. The van der Waals surface area contributed by atoms with Gasteiger partial charge in [0.25, 0.3) is 11.8 Å². The molecular weight excluding hydrogens is 440 g/mol. The van der Waals surface area contributed by atoms with E-state index in [1.165, 1.54) is 5.56 Å². The van der Waals surface area contributed by atoms with E-state index >= 15 is 0 Å². The standard InChI is InChI=1S/C28H36N4O3/c1-28(2,3)20-9-7-19(8-10-20)27(34)32-17-23-22(24(23)18-32)15-29-26(33)25-6-4-5-21(30-25)16-31-11-13-35-14-12-31/h4-10,22-24H,11-18H2,1-3H3,(H,29,33). The summed E-state index contributed by atoms with van der Waals surface area (Å²) in [6.45, 7) is 12.7. The highest BCUT2D eigenvalue weighted by atomic mass is 16.5. The van der Waals surface area contributed by atoms with Gasteiger partial charge < -0.3 is 15.0 Å². The second-order valence-electron chi connectivity index (χ2n) is 11.1. The highest BCUT2D eigenvalue weighted by Crippen LogP contribution is 2.51. The van der Waals surface area contributed by atoms with E-state index < -0.39 is 0 Å². The first-order valence-electron chi connectivity index (χ1n) is 12.7. The van der Waals surface area contributed by atoms with Crippen LogP contribution in [0.5, 0.6) is 0 Å². The predicted octanol–water partition coefficient (Wildman–Crippen LogP) is 2.96. The minimum Gasteiger partial charge on any atom is -0.379 e. The molecule has 0 spiro atoms. The number of pyridine rings is 1. The summed E-state index contributed by atoms with van der Waals surface area (Å²) in [4.78, 5) is 34.5. The van der Waals surface area contributed by atoms with Crippen LogP contribution in [0.25, 0.3) is 0 Å². The second-order valence-corrected chi connectivity index (χ2v) is 11.1. The zero-order chi connectivity index (χ0) is 24.6. The number of rotatable bonds is 6. The summed E-state index contributed by atoms with van der Waals surface area (Å²) in [6.07, 6.45) is 0. The van der Waals surface area contributed by atoms with Gasteiger partial charge in [-0.25, -0.2) is 4.98 Å². The van der Waals surface area contributed by atoms with E-state index in [1.54, 1.807) is 6.07 Å². The Morgan fingerprint density at radius 2 is 1.71 bits per heavy atom. The molecule has 0 radical (unpaired) electrons. The number of aromatic nitrogens is 1. The number of carbonyl (C=O) groups excluding carboxylic acids is 2. The first-order valence-corrected chi connectivity index (χ1v) is 12.7. The number of hydrogen-bond donors (Lipinski definition) is 1. The fourth-order valence-corrected chi connectivity index (χ4v) is 5.40. The molecule has 3 aliphatic rings. The molecule has 2 saturated heterocycles.